The summed E-state index contributed by atoms with van der Waals surface area (Å²) in [6.45, 7) is 6.74. The van der Waals surface area contributed by atoms with Gasteiger partial charge in [0.05, 0.1) is 17.6 Å². The lowest BCUT2D eigenvalue weighted by Gasteiger charge is -2.06. The van der Waals surface area contributed by atoms with Crippen molar-refractivity contribution < 1.29 is 0 Å². The second-order valence-corrected chi connectivity index (χ2v) is 6.05. The van der Waals surface area contributed by atoms with Crippen molar-refractivity contribution in [1.29, 1.82) is 0 Å². The number of nitrogens with zero attached hydrogens (tertiary/aromatic N) is 3. The molecule has 0 aliphatic rings. The molecule has 1 N–H and O–H groups in total. The molecule has 0 spiro atoms. The van der Waals surface area contributed by atoms with Gasteiger partial charge in [-0.25, -0.2) is 9.97 Å². The summed E-state index contributed by atoms with van der Waals surface area (Å²) in [4.78, 5) is 10.3. The molecule has 0 saturated carbocycles. The fraction of sp³-hybridized carbons (Fsp3) is 0.333. The first kappa shape index (κ1) is 13.3. The predicted molar refractivity (Wildman–Crippen MR) is 82.8 cm³/mol. The van der Waals surface area contributed by atoms with E-state index in [1.165, 1.54) is 10.4 Å². The first-order valence-corrected chi connectivity index (χ1v) is 7.65. The molecule has 20 heavy (non-hydrogen) atoms. The summed E-state index contributed by atoms with van der Waals surface area (Å²) in [6.07, 6.45) is 1.92. The number of aryl methyl sites for hydroxylation is 2. The topological polar surface area (TPSA) is 42.7 Å². The third kappa shape index (κ3) is 2.59. The van der Waals surface area contributed by atoms with Crippen LogP contribution < -0.4 is 5.32 Å². The summed E-state index contributed by atoms with van der Waals surface area (Å²) in [5.74, 6) is 1.09. The number of fused-ring (bicyclic) bond motifs is 1. The molecule has 2 heterocycles. The van der Waals surface area contributed by atoms with Crippen LogP contribution in [-0.2, 0) is 19.6 Å². The fourth-order valence-corrected chi connectivity index (χ4v) is 3.13. The van der Waals surface area contributed by atoms with Gasteiger partial charge in [-0.2, -0.15) is 0 Å². The van der Waals surface area contributed by atoms with E-state index in [1.807, 2.05) is 12.3 Å². The quantitative estimate of drug-likeness (QED) is 0.783. The SMILES string of the molecule is CCn1c(CNCc2ncc(C)s2)nc2ccccc21. The molecule has 2 aromatic heterocycles. The monoisotopic (exact) mass is 286 g/mol. The molecule has 0 aliphatic heterocycles. The van der Waals surface area contributed by atoms with Crippen molar-refractivity contribution in [2.45, 2.75) is 33.5 Å². The number of aromatic nitrogens is 3. The summed E-state index contributed by atoms with van der Waals surface area (Å²) in [6, 6.07) is 8.28. The van der Waals surface area contributed by atoms with E-state index in [1.54, 1.807) is 11.3 Å². The second-order valence-electron chi connectivity index (χ2n) is 4.73. The highest BCUT2D eigenvalue weighted by atomic mass is 32.1. The van der Waals surface area contributed by atoms with Crippen LogP contribution in [0.5, 0.6) is 0 Å². The van der Waals surface area contributed by atoms with Gasteiger partial charge in [0.1, 0.15) is 10.8 Å². The van der Waals surface area contributed by atoms with Crippen LogP contribution in [0, 0.1) is 6.92 Å². The lowest BCUT2D eigenvalue weighted by atomic mass is 10.3. The highest BCUT2D eigenvalue weighted by Crippen LogP contribution is 2.16. The first-order valence-electron chi connectivity index (χ1n) is 6.84. The Morgan fingerprint density at radius 3 is 2.85 bits per heavy atom. The molecule has 0 atom stereocenters. The molecule has 0 amide bonds. The van der Waals surface area contributed by atoms with Gasteiger partial charge < -0.3 is 9.88 Å². The van der Waals surface area contributed by atoms with Gasteiger partial charge in [-0.3, -0.25) is 0 Å². The van der Waals surface area contributed by atoms with Crippen molar-refractivity contribution in [2.75, 3.05) is 0 Å². The van der Waals surface area contributed by atoms with Crippen molar-refractivity contribution >= 4 is 22.4 Å². The van der Waals surface area contributed by atoms with Crippen molar-refractivity contribution in [3.63, 3.8) is 0 Å². The number of nitrogens with one attached hydrogen (secondary N) is 1. The molecule has 5 heteroatoms. The molecule has 0 radical (unpaired) electrons. The number of para-hydroxylation sites is 2. The summed E-state index contributed by atoms with van der Waals surface area (Å²) in [5, 5.41) is 4.56. The number of hydrogen-bond donors (Lipinski definition) is 1. The third-order valence-corrected chi connectivity index (χ3v) is 4.19. The molecule has 4 nitrogen and oxygen atoms in total. The van der Waals surface area contributed by atoms with E-state index in [0.29, 0.717) is 0 Å². The molecule has 0 unspecified atom stereocenters. The number of thiazole rings is 1. The summed E-state index contributed by atoms with van der Waals surface area (Å²) in [5.41, 5.74) is 2.27. The molecule has 1 aromatic carbocycles. The highest BCUT2D eigenvalue weighted by molar-refractivity contribution is 7.11. The summed E-state index contributed by atoms with van der Waals surface area (Å²) >= 11 is 1.74. The molecule has 3 aromatic rings. The van der Waals surface area contributed by atoms with E-state index < -0.39 is 0 Å². The van der Waals surface area contributed by atoms with Crippen molar-refractivity contribution in [3.8, 4) is 0 Å². The Morgan fingerprint density at radius 1 is 1.25 bits per heavy atom. The average molecular weight is 286 g/mol. The Labute approximate surface area is 122 Å². The summed E-state index contributed by atoms with van der Waals surface area (Å²) in [7, 11) is 0. The molecule has 104 valence electrons. The zero-order valence-electron chi connectivity index (χ0n) is 11.8. The third-order valence-electron chi connectivity index (χ3n) is 3.28. The molecular formula is C15H18N4S. The second kappa shape index (κ2) is 5.73. The highest BCUT2D eigenvalue weighted by Gasteiger charge is 2.08. The van der Waals surface area contributed by atoms with Gasteiger partial charge in [0.2, 0.25) is 0 Å². The number of rotatable bonds is 5. The molecule has 0 fully saturated rings. The van der Waals surface area contributed by atoms with E-state index in [2.05, 4.69) is 46.9 Å². The van der Waals surface area contributed by atoms with E-state index in [4.69, 9.17) is 4.98 Å². The van der Waals surface area contributed by atoms with Crippen LogP contribution in [0.15, 0.2) is 30.5 Å². The van der Waals surface area contributed by atoms with Crippen LogP contribution in [-0.4, -0.2) is 14.5 Å². The molecule has 3 rings (SSSR count). The van der Waals surface area contributed by atoms with Gasteiger partial charge in [-0.05, 0) is 26.0 Å². The summed E-state index contributed by atoms with van der Waals surface area (Å²) < 4.78 is 2.26. The van der Waals surface area contributed by atoms with E-state index in [0.717, 1.165) is 36.0 Å². The maximum atomic E-state index is 4.70. The van der Waals surface area contributed by atoms with Gasteiger partial charge in [0.25, 0.3) is 0 Å². The lowest BCUT2D eigenvalue weighted by Crippen LogP contribution is -2.16. The van der Waals surface area contributed by atoms with Crippen LogP contribution in [0.3, 0.4) is 0 Å². The van der Waals surface area contributed by atoms with Crippen molar-refractivity contribution in [3.05, 3.63) is 46.2 Å². The maximum Gasteiger partial charge on any atom is 0.123 e. The van der Waals surface area contributed by atoms with Gasteiger partial charge in [0, 0.05) is 24.2 Å². The van der Waals surface area contributed by atoms with Crippen LogP contribution in [0.25, 0.3) is 11.0 Å². The minimum atomic E-state index is 0.765. The Balaban J connectivity index is 1.73. The maximum absolute atomic E-state index is 4.70. The van der Waals surface area contributed by atoms with Crippen molar-refractivity contribution in [1.82, 2.24) is 19.9 Å². The van der Waals surface area contributed by atoms with Crippen LogP contribution in [0.4, 0.5) is 0 Å². The molecular weight excluding hydrogens is 268 g/mol. The minimum Gasteiger partial charge on any atom is -0.327 e. The van der Waals surface area contributed by atoms with Crippen molar-refractivity contribution in [2.24, 2.45) is 0 Å². The standard InChI is InChI=1S/C15H18N4S/c1-3-19-13-7-5-4-6-12(13)18-14(19)9-16-10-15-17-8-11(2)20-15/h4-8,16H,3,9-10H2,1-2H3. The predicted octanol–water partition coefficient (Wildman–Crippen LogP) is 3.11. The van der Waals surface area contributed by atoms with Gasteiger partial charge in [0.15, 0.2) is 0 Å². The van der Waals surface area contributed by atoms with E-state index in [9.17, 15) is 0 Å². The Hall–Kier alpha value is -1.72. The lowest BCUT2D eigenvalue weighted by molar-refractivity contribution is 0.619. The number of benzene rings is 1. The van der Waals surface area contributed by atoms with E-state index in [-0.39, 0.29) is 0 Å². The molecule has 0 aliphatic carbocycles. The average Bonchev–Trinajstić information content (AvgIpc) is 3.02. The van der Waals surface area contributed by atoms with Gasteiger partial charge in [-0.1, -0.05) is 12.1 Å². The van der Waals surface area contributed by atoms with Crippen LogP contribution in [0.2, 0.25) is 0 Å². The molecule has 0 saturated heterocycles. The largest absolute Gasteiger partial charge is 0.327 e. The van der Waals surface area contributed by atoms with Gasteiger partial charge in [-0.15, -0.1) is 11.3 Å². The Bertz CT molecular complexity index is 714. The number of imidazole rings is 1. The zero-order valence-corrected chi connectivity index (χ0v) is 12.6. The Kier molecular flexibility index (Phi) is 3.80. The normalized spacial score (nSPS) is 11.3. The fourth-order valence-electron chi connectivity index (χ4n) is 2.38. The van der Waals surface area contributed by atoms with Crippen LogP contribution >= 0.6 is 11.3 Å². The minimum absolute atomic E-state index is 0.765. The van der Waals surface area contributed by atoms with Gasteiger partial charge >= 0.3 is 0 Å². The van der Waals surface area contributed by atoms with E-state index >= 15 is 0 Å². The first-order chi connectivity index (χ1) is 9.78. The smallest absolute Gasteiger partial charge is 0.123 e. The molecule has 0 bridgehead atoms. The zero-order chi connectivity index (χ0) is 13.9. The Morgan fingerprint density at radius 2 is 2.10 bits per heavy atom. The number of hydrogen-bond acceptors (Lipinski definition) is 4. The van der Waals surface area contributed by atoms with Crippen LogP contribution in [0.1, 0.15) is 22.6 Å².